The molecule has 0 spiro atoms. The zero-order valence-corrected chi connectivity index (χ0v) is 12.0. The number of carboxylic acid groups (broad SMARTS) is 1. The average molecular weight is 307 g/mol. The lowest BCUT2D eigenvalue weighted by Crippen LogP contribution is -2.05. The fourth-order valence-corrected chi connectivity index (χ4v) is 2.21. The van der Waals surface area contributed by atoms with Gasteiger partial charge in [0.05, 0.1) is 17.3 Å². The molecule has 8 heteroatoms. The molecule has 0 aliphatic rings. The second-order valence-electron chi connectivity index (χ2n) is 4.36. The summed E-state index contributed by atoms with van der Waals surface area (Å²) in [6.45, 7) is 0.422. The molecule has 0 saturated heterocycles. The molecular weight excluding hydrogens is 294 g/mol. The van der Waals surface area contributed by atoms with Gasteiger partial charge >= 0.3 is 5.97 Å². The predicted molar refractivity (Wildman–Crippen MR) is 75.9 cm³/mol. The van der Waals surface area contributed by atoms with Crippen molar-refractivity contribution in [3.63, 3.8) is 0 Å². The van der Waals surface area contributed by atoms with Crippen molar-refractivity contribution in [1.82, 2.24) is 9.97 Å². The maximum absolute atomic E-state index is 11.3. The normalized spacial score (nSPS) is 11.1. The molecule has 0 aliphatic carbocycles. The highest BCUT2D eigenvalue weighted by Crippen LogP contribution is 2.11. The molecule has 2 aromatic rings. The van der Waals surface area contributed by atoms with Gasteiger partial charge in [0, 0.05) is 12.8 Å². The van der Waals surface area contributed by atoms with Crippen LogP contribution in [0.25, 0.3) is 0 Å². The monoisotopic (exact) mass is 307 g/mol. The maximum Gasteiger partial charge on any atom is 0.356 e. The van der Waals surface area contributed by atoms with E-state index >= 15 is 0 Å². The minimum Gasteiger partial charge on any atom is -0.476 e. The number of carbonyl (C=O) groups is 1. The molecule has 0 saturated carbocycles. The molecule has 0 atom stereocenters. The molecule has 1 heterocycles. The van der Waals surface area contributed by atoms with Gasteiger partial charge in [-0.15, -0.1) is 0 Å². The molecule has 0 radical (unpaired) electrons. The van der Waals surface area contributed by atoms with Gasteiger partial charge in [0.25, 0.3) is 0 Å². The highest BCUT2D eigenvalue weighted by atomic mass is 32.2. The molecule has 0 fully saturated rings. The Morgan fingerprint density at radius 3 is 2.33 bits per heavy atom. The fraction of sp³-hybridized carbons (Fsp3) is 0.154. The van der Waals surface area contributed by atoms with E-state index in [4.69, 9.17) is 5.11 Å². The molecule has 110 valence electrons. The van der Waals surface area contributed by atoms with Gasteiger partial charge in [-0.2, -0.15) is 0 Å². The van der Waals surface area contributed by atoms with Crippen molar-refractivity contribution in [1.29, 1.82) is 0 Å². The van der Waals surface area contributed by atoms with E-state index < -0.39 is 15.8 Å². The molecule has 7 nitrogen and oxygen atoms in total. The number of carboxylic acids is 1. The third-order valence-electron chi connectivity index (χ3n) is 2.70. The summed E-state index contributed by atoms with van der Waals surface area (Å²) in [7, 11) is -3.20. The largest absolute Gasteiger partial charge is 0.476 e. The molecule has 0 unspecified atom stereocenters. The van der Waals surface area contributed by atoms with Gasteiger partial charge < -0.3 is 10.4 Å². The molecule has 0 aliphatic heterocycles. The van der Waals surface area contributed by atoms with Gasteiger partial charge in [-0.3, -0.25) is 0 Å². The Morgan fingerprint density at radius 1 is 1.19 bits per heavy atom. The highest BCUT2D eigenvalue weighted by molar-refractivity contribution is 7.90. The van der Waals surface area contributed by atoms with E-state index in [-0.39, 0.29) is 10.6 Å². The van der Waals surface area contributed by atoms with Gasteiger partial charge in [-0.05, 0) is 17.7 Å². The SMILES string of the molecule is CS(=O)(=O)c1ccc(CNc2cnc(C(=O)O)cn2)cc1. The van der Waals surface area contributed by atoms with Crippen LogP contribution in [0.4, 0.5) is 5.82 Å². The van der Waals surface area contributed by atoms with Crippen LogP contribution in [-0.4, -0.2) is 35.7 Å². The average Bonchev–Trinajstić information content (AvgIpc) is 2.45. The number of rotatable bonds is 5. The zero-order chi connectivity index (χ0) is 15.5. The first-order valence-corrected chi connectivity index (χ1v) is 7.83. The van der Waals surface area contributed by atoms with Crippen molar-refractivity contribution in [2.75, 3.05) is 11.6 Å². The van der Waals surface area contributed by atoms with Gasteiger partial charge in [0.15, 0.2) is 15.5 Å². The van der Waals surface area contributed by atoms with Crippen LogP contribution in [0, 0.1) is 0 Å². The minimum absolute atomic E-state index is 0.127. The van der Waals surface area contributed by atoms with Gasteiger partial charge in [0.2, 0.25) is 0 Å². The van der Waals surface area contributed by atoms with Crippen LogP contribution >= 0.6 is 0 Å². The van der Waals surface area contributed by atoms with Crippen molar-refractivity contribution in [3.05, 3.63) is 47.9 Å². The molecule has 0 bridgehead atoms. The first kappa shape index (κ1) is 14.9. The molecular formula is C13H13N3O4S. The lowest BCUT2D eigenvalue weighted by atomic mass is 10.2. The number of nitrogens with one attached hydrogen (secondary N) is 1. The van der Waals surface area contributed by atoms with Crippen molar-refractivity contribution >= 4 is 21.6 Å². The van der Waals surface area contributed by atoms with E-state index in [1.54, 1.807) is 12.1 Å². The third kappa shape index (κ3) is 3.99. The van der Waals surface area contributed by atoms with Crippen molar-refractivity contribution in [2.24, 2.45) is 0 Å². The van der Waals surface area contributed by atoms with Crippen molar-refractivity contribution in [3.8, 4) is 0 Å². The van der Waals surface area contributed by atoms with E-state index in [9.17, 15) is 13.2 Å². The Bertz CT molecular complexity index is 740. The van der Waals surface area contributed by atoms with E-state index in [2.05, 4.69) is 15.3 Å². The molecule has 0 amide bonds. The van der Waals surface area contributed by atoms with E-state index in [0.29, 0.717) is 12.4 Å². The summed E-state index contributed by atoms with van der Waals surface area (Å²) in [6.07, 6.45) is 3.64. The molecule has 1 aromatic heterocycles. The van der Waals surface area contributed by atoms with Gasteiger partial charge in [0.1, 0.15) is 5.82 Å². The Hall–Kier alpha value is -2.48. The molecule has 2 N–H and O–H groups in total. The number of benzene rings is 1. The first-order valence-electron chi connectivity index (χ1n) is 5.94. The summed E-state index contributed by atoms with van der Waals surface area (Å²) in [6, 6.07) is 6.46. The Balaban J connectivity index is 2.01. The number of sulfone groups is 1. The Kier molecular flexibility index (Phi) is 4.18. The van der Waals surface area contributed by atoms with Crippen LogP contribution in [0.15, 0.2) is 41.6 Å². The first-order chi connectivity index (χ1) is 9.86. The summed E-state index contributed by atoms with van der Waals surface area (Å²) >= 11 is 0. The number of nitrogens with zero attached hydrogens (tertiary/aromatic N) is 2. The second-order valence-corrected chi connectivity index (χ2v) is 6.38. The van der Waals surface area contributed by atoms with Crippen LogP contribution < -0.4 is 5.32 Å². The topological polar surface area (TPSA) is 109 Å². The van der Waals surface area contributed by atoms with Crippen molar-refractivity contribution in [2.45, 2.75) is 11.4 Å². The Morgan fingerprint density at radius 2 is 1.86 bits per heavy atom. The minimum atomic E-state index is -3.20. The second kappa shape index (κ2) is 5.88. The summed E-state index contributed by atoms with van der Waals surface area (Å²) in [4.78, 5) is 18.5. The highest BCUT2D eigenvalue weighted by Gasteiger charge is 2.07. The van der Waals surface area contributed by atoms with Crippen LogP contribution in [-0.2, 0) is 16.4 Å². The summed E-state index contributed by atoms with van der Waals surface area (Å²) in [5.74, 6) is -0.697. The third-order valence-corrected chi connectivity index (χ3v) is 3.82. The predicted octanol–water partition coefficient (Wildman–Crippen LogP) is 1.19. The lowest BCUT2D eigenvalue weighted by Gasteiger charge is -2.06. The fourth-order valence-electron chi connectivity index (χ4n) is 1.58. The summed E-state index contributed by atoms with van der Waals surface area (Å²) < 4.78 is 22.7. The summed E-state index contributed by atoms with van der Waals surface area (Å²) in [5.41, 5.74) is 0.740. The van der Waals surface area contributed by atoms with E-state index in [0.717, 1.165) is 18.0 Å². The summed E-state index contributed by atoms with van der Waals surface area (Å²) in [5, 5.41) is 11.7. The standard InChI is InChI=1S/C13H13N3O4S/c1-21(19,20)10-4-2-9(3-5-10)6-15-12-8-14-11(7-16-12)13(17)18/h2-5,7-8H,6H2,1H3,(H,15,16)(H,17,18). The zero-order valence-electron chi connectivity index (χ0n) is 11.1. The number of aromatic nitrogens is 2. The Labute approximate surface area is 121 Å². The van der Waals surface area contributed by atoms with Crippen molar-refractivity contribution < 1.29 is 18.3 Å². The van der Waals surface area contributed by atoms with E-state index in [1.165, 1.54) is 18.3 Å². The molecule has 2 rings (SSSR count). The molecule has 21 heavy (non-hydrogen) atoms. The number of aromatic carboxylic acids is 1. The number of hydrogen-bond acceptors (Lipinski definition) is 6. The quantitative estimate of drug-likeness (QED) is 0.853. The van der Waals surface area contributed by atoms with E-state index in [1.807, 2.05) is 0 Å². The maximum atomic E-state index is 11.3. The van der Waals surface area contributed by atoms with Crippen LogP contribution in [0.5, 0.6) is 0 Å². The van der Waals surface area contributed by atoms with Crippen LogP contribution in [0.2, 0.25) is 0 Å². The molecule has 1 aromatic carbocycles. The lowest BCUT2D eigenvalue weighted by molar-refractivity contribution is 0.0690. The smallest absolute Gasteiger partial charge is 0.356 e. The van der Waals surface area contributed by atoms with Gasteiger partial charge in [-0.25, -0.2) is 23.2 Å². The van der Waals surface area contributed by atoms with Crippen LogP contribution in [0.1, 0.15) is 16.1 Å². The van der Waals surface area contributed by atoms with Gasteiger partial charge in [-0.1, -0.05) is 12.1 Å². The number of hydrogen-bond donors (Lipinski definition) is 2. The van der Waals surface area contributed by atoms with Crippen LogP contribution in [0.3, 0.4) is 0 Å². The number of anilines is 1.